The molecule has 0 spiro atoms. The molecule has 0 saturated heterocycles. The van der Waals surface area contributed by atoms with E-state index in [9.17, 15) is 0 Å². The number of furan rings is 1. The monoisotopic (exact) mass is 232 g/mol. The molecule has 1 aromatic heterocycles. The van der Waals surface area contributed by atoms with E-state index in [1.54, 1.807) is 6.26 Å². The predicted molar refractivity (Wildman–Crippen MR) is 76.0 cm³/mol. The highest BCUT2D eigenvalue weighted by Gasteiger charge is 2.07. The lowest BCUT2D eigenvalue weighted by Crippen LogP contribution is -1.82. The van der Waals surface area contributed by atoms with Gasteiger partial charge in [0.15, 0.2) is 0 Å². The van der Waals surface area contributed by atoms with Gasteiger partial charge in [-0.3, -0.25) is 0 Å². The Kier molecular flexibility index (Phi) is 1.81. The highest BCUT2D eigenvalue weighted by molar-refractivity contribution is 6.17. The number of hydrogen-bond donors (Lipinski definition) is 0. The van der Waals surface area contributed by atoms with Gasteiger partial charge in [0.2, 0.25) is 0 Å². The van der Waals surface area contributed by atoms with Crippen molar-refractivity contribution in [1.82, 2.24) is 0 Å². The molecule has 0 amide bonds. The Labute approximate surface area is 105 Å². The van der Waals surface area contributed by atoms with Gasteiger partial charge in [-0.15, -0.1) is 0 Å². The van der Waals surface area contributed by atoms with E-state index in [4.69, 9.17) is 4.42 Å². The Balaban J connectivity index is 2.36. The summed E-state index contributed by atoms with van der Waals surface area (Å²) in [7, 11) is 0. The molecule has 4 aromatic rings. The van der Waals surface area contributed by atoms with Crippen molar-refractivity contribution in [3.05, 3.63) is 60.4 Å². The summed E-state index contributed by atoms with van der Waals surface area (Å²) in [6.07, 6.45) is 1.76. The summed E-state index contributed by atoms with van der Waals surface area (Å²) in [4.78, 5) is 0. The van der Waals surface area contributed by atoms with Gasteiger partial charge in [0, 0.05) is 5.39 Å². The van der Waals surface area contributed by atoms with Gasteiger partial charge in [-0.25, -0.2) is 0 Å². The molecule has 0 N–H and O–H groups in total. The van der Waals surface area contributed by atoms with E-state index < -0.39 is 0 Å². The second kappa shape index (κ2) is 3.36. The number of benzene rings is 3. The van der Waals surface area contributed by atoms with Gasteiger partial charge < -0.3 is 4.42 Å². The van der Waals surface area contributed by atoms with Crippen molar-refractivity contribution in [2.24, 2.45) is 0 Å². The van der Waals surface area contributed by atoms with E-state index in [1.807, 2.05) is 6.07 Å². The number of rotatable bonds is 0. The van der Waals surface area contributed by atoms with E-state index in [2.05, 4.69) is 49.4 Å². The van der Waals surface area contributed by atoms with Crippen LogP contribution in [0.2, 0.25) is 0 Å². The quantitative estimate of drug-likeness (QED) is 0.387. The minimum absolute atomic E-state index is 0.956. The maximum absolute atomic E-state index is 5.48. The highest BCUT2D eigenvalue weighted by atomic mass is 16.3. The molecule has 18 heavy (non-hydrogen) atoms. The molecule has 1 heteroatoms. The molecule has 0 unspecified atom stereocenters. The predicted octanol–water partition coefficient (Wildman–Crippen LogP) is 5.05. The van der Waals surface area contributed by atoms with Crippen LogP contribution in [0.25, 0.3) is 32.5 Å². The average molecular weight is 232 g/mol. The van der Waals surface area contributed by atoms with E-state index in [1.165, 1.54) is 32.5 Å². The first-order chi connectivity index (χ1) is 8.84. The molecule has 4 rings (SSSR count). The van der Waals surface area contributed by atoms with Crippen LogP contribution in [0.15, 0.2) is 59.2 Å². The molecular weight excluding hydrogens is 220 g/mol. The molecule has 0 bridgehead atoms. The Morgan fingerprint density at radius 2 is 1.50 bits per heavy atom. The van der Waals surface area contributed by atoms with Crippen molar-refractivity contribution >= 4 is 32.5 Å². The number of aryl methyl sites for hydroxylation is 1. The number of hydrogen-bond acceptors (Lipinski definition) is 1. The zero-order valence-corrected chi connectivity index (χ0v) is 10.1. The van der Waals surface area contributed by atoms with Crippen LogP contribution in [0.5, 0.6) is 0 Å². The smallest absolute Gasteiger partial charge is 0.134 e. The fourth-order valence-corrected chi connectivity index (χ4v) is 2.81. The van der Waals surface area contributed by atoms with Crippen LogP contribution in [0, 0.1) is 6.92 Å². The SMILES string of the molecule is Cc1cc2c3ccoc3ccc2c2ccccc12. The topological polar surface area (TPSA) is 13.1 Å². The molecule has 0 aliphatic carbocycles. The van der Waals surface area contributed by atoms with E-state index >= 15 is 0 Å². The lowest BCUT2D eigenvalue weighted by atomic mass is 9.96. The first-order valence-corrected chi connectivity index (χ1v) is 6.13. The van der Waals surface area contributed by atoms with Crippen LogP contribution >= 0.6 is 0 Å². The standard InChI is InChI=1S/C17H12O/c1-11-10-16-14(13-5-3-2-4-12(11)13)6-7-17-15(16)8-9-18-17/h2-10H,1H3. The zero-order valence-electron chi connectivity index (χ0n) is 10.1. The fourth-order valence-electron chi connectivity index (χ4n) is 2.81. The molecule has 0 radical (unpaired) electrons. The molecule has 1 heterocycles. The third kappa shape index (κ3) is 1.16. The second-order valence-corrected chi connectivity index (χ2v) is 4.73. The first-order valence-electron chi connectivity index (χ1n) is 6.13. The molecular formula is C17H12O. The van der Waals surface area contributed by atoms with Crippen LogP contribution in [0.1, 0.15) is 5.56 Å². The molecule has 0 aliphatic heterocycles. The van der Waals surface area contributed by atoms with Crippen molar-refractivity contribution < 1.29 is 4.42 Å². The van der Waals surface area contributed by atoms with Gasteiger partial charge in [0.05, 0.1) is 6.26 Å². The molecule has 0 aliphatic rings. The van der Waals surface area contributed by atoms with Gasteiger partial charge in [-0.1, -0.05) is 36.4 Å². The second-order valence-electron chi connectivity index (χ2n) is 4.73. The molecule has 86 valence electrons. The van der Waals surface area contributed by atoms with Crippen molar-refractivity contribution in [3.8, 4) is 0 Å². The highest BCUT2D eigenvalue weighted by Crippen LogP contribution is 2.33. The minimum Gasteiger partial charge on any atom is -0.464 e. The normalized spacial score (nSPS) is 11.6. The summed E-state index contributed by atoms with van der Waals surface area (Å²) in [5, 5.41) is 6.41. The molecule has 0 atom stereocenters. The van der Waals surface area contributed by atoms with Crippen molar-refractivity contribution in [2.75, 3.05) is 0 Å². The average Bonchev–Trinajstić information content (AvgIpc) is 2.88. The van der Waals surface area contributed by atoms with Gasteiger partial charge in [0.1, 0.15) is 5.58 Å². The lowest BCUT2D eigenvalue weighted by molar-refractivity contribution is 0.616. The Bertz CT molecular complexity index is 884. The van der Waals surface area contributed by atoms with Crippen molar-refractivity contribution in [2.45, 2.75) is 6.92 Å². The minimum atomic E-state index is 0.956. The molecule has 3 aromatic carbocycles. The zero-order chi connectivity index (χ0) is 12.1. The first kappa shape index (κ1) is 9.72. The van der Waals surface area contributed by atoms with Crippen LogP contribution in [-0.4, -0.2) is 0 Å². The van der Waals surface area contributed by atoms with Gasteiger partial charge in [-0.05, 0) is 46.2 Å². The molecule has 1 nitrogen and oxygen atoms in total. The van der Waals surface area contributed by atoms with Crippen molar-refractivity contribution in [3.63, 3.8) is 0 Å². The van der Waals surface area contributed by atoms with Gasteiger partial charge in [-0.2, -0.15) is 0 Å². The van der Waals surface area contributed by atoms with Gasteiger partial charge >= 0.3 is 0 Å². The van der Waals surface area contributed by atoms with Gasteiger partial charge in [0.25, 0.3) is 0 Å². The summed E-state index contributed by atoms with van der Waals surface area (Å²) in [5.74, 6) is 0. The summed E-state index contributed by atoms with van der Waals surface area (Å²) >= 11 is 0. The van der Waals surface area contributed by atoms with Crippen LogP contribution in [0.4, 0.5) is 0 Å². The fraction of sp³-hybridized carbons (Fsp3) is 0.0588. The third-order valence-corrected chi connectivity index (χ3v) is 3.68. The Morgan fingerprint density at radius 3 is 2.39 bits per heavy atom. The third-order valence-electron chi connectivity index (χ3n) is 3.68. The largest absolute Gasteiger partial charge is 0.464 e. The summed E-state index contributed by atoms with van der Waals surface area (Å²) in [5.41, 5.74) is 2.27. The van der Waals surface area contributed by atoms with E-state index in [0.717, 1.165) is 5.58 Å². The van der Waals surface area contributed by atoms with E-state index in [0.29, 0.717) is 0 Å². The van der Waals surface area contributed by atoms with E-state index in [-0.39, 0.29) is 0 Å². The molecule has 0 fully saturated rings. The molecule has 0 saturated carbocycles. The maximum Gasteiger partial charge on any atom is 0.134 e. The summed E-state index contributed by atoms with van der Waals surface area (Å²) in [6.45, 7) is 2.17. The summed E-state index contributed by atoms with van der Waals surface area (Å²) in [6, 6.07) is 17.1. The maximum atomic E-state index is 5.48. The lowest BCUT2D eigenvalue weighted by Gasteiger charge is -2.07. The van der Waals surface area contributed by atoms with Crippen LogP contribution in [-0.2, 0) is 0 Å². The Hall–Kier alpha value is -2.28. The number of fused-ring (bicyclic) bond motifs is 5. The van der Waals surface area contributed by atoms with Crippen LogP contribution in [0.3, 0.4) is 0 Å². The van der Waals surface area contributed by atoms with Crippen molar-refractivity contribution in [1.29, 1.82) is 0 Å². The van der Waals surface area contributed by atoms with Crippen LogP contribution < -0.4 is 0 Å². The summed E-state index contributed by atoms with van der Waals surface area (Å²) < 4.78 is 5.48. The Morgan fingerprint density at radius 1 is 0.722 bits per heavy atom.